The standard InChI is InChI=1S/C11H13Cl2N3O2/c1-2-3-14-9(7-16(17)18)4-8-5-10(12)11(13)15-6-8/h5-6H,2-4,7H2,1H3. The molecule has 0 fully saturated rings. The summed E-state index contributed by atoms with van der Waals surface area (Å²) < 4.78 is 0. The van der Waals surface area contributed by atoms with E-state index in [1.807, 2.05) is 6.92 Å². The van der Waals surface area contributed by atoms with Gasteiger partial charge in [-0.05, 0) is 18.1 Å². The highest BCUT2D eigenvalue weighted by Gasteiger charge is 2.10. The number of nitrogens with zero attached hydrogens (tertiary/aromatic N) is 3. The molecule has 7 heteroatoms. The molecule has 0 bridgehead atoms. The molecule has 0 atom stereocenters. The quantitative estimate of drug-likeness (QED) is 0.350. The van der Waals surface area contributed by atoms with E-state index in [-0.39, 0.29) is 16.6 Å². The number of hydrogen-bond acceptors (Lipinski definition) is 4. The van der Waals surface area contributed by atoms with Crippen LogP contribution >= 0.6 is 23.2 Å². The van der Waals surface area contributed by atoms with Gasteiger partial charge < -0.3 is 0 Å². The summed E-state index contributed by atoms with van der Waals surface area (Å²) in [5.74, 6) is 0. The van der Waals surface area contributed by atoms with Gasteiger partial charge in [-0.3, -0.25) is 15.1 Å². The number of aliphatic imine (C=N–C) groups is 1. The molecular formula is C11H13Cl2N3O2. The normalized spacial score (nSPS) is 11.6. The second-order valence-electron chi connectivity index (χ2n) is 3.73. The number of nitro groups is 1. The van der Waals surface area contributed by atoms with Crippen molar-refractivity contribution in [3.63, 3.8) is 0 Å². The fraction of sp³-hybridized carbons (Fsp3) is 0.455. The first-order chi connectivity index (χ1) is 8.52. The van der Waals surface area contributed by atoms with Crippen molar-refractivity contribution in [2.75, 3.05) is 13.1 Å². The van der Waals surface area contributed by atoms with Crippen LogP contribution in [0.2, 0.25) is 10.2 Å². The summed E-state index contributed by atoms with van der Waals surface area (Å²) in [7, 11) is 0. The summed E-state index contributed by atoms with van der Waals surface area (Å²) in [6.45, 7) is 2.28. The molecule has 5 nitrogen and oxygen atoms in total. The number of halogens is 2. The van der Waals surface area contributed by atoms with Crippen molar-refractivity contribution in [2.45, 2.75) is 19.8 Å². The Labute approximate surface area is 115 Å². The Kier molecular flexibility index (Phi) is 6.01. The van der Waals surface area contributed by atoms with E-state index in [0.717, 1.165) is 12.0 Å². The number of aromatic nitrogens is 1. The summed E-state index contributed by atoms with van der Waals surface area (Å²) in [5, 5.41) is 11.1. The van der Waals surface area contributed by atoms with Gasteiger partial charge in [0.05, 0.1) is 10.7 Å². The van der Waals surface area contributed by atoms with Gasteiger partial charge >= 0.3 is 0 Å². The van der Waals surface area contributed by atoms with Gasteiger partial charge in [0.25, 0.3) is 0 Å². The Morgan fingerprint density at radius 3 is 2.83 bits per heavy atom. The van der Waals surface area contributed by atoms with E-state index in [1.54, 1.807) is 12.3 Å². The SMILES string of the molecule is CCCN=C(Cc1cnc(Cl)c(Cl)c1)C[N+](=O)[O-]. The van der Waals surface area contributed by atoms with Crippen molar-refractivity contribution in [2.24, 2.45) is 4.99 Å². The van der Waals surface area contributed by atoms with Crippen molar-refractivity contribution in [1.82, 2.24) is 4.98 Å². The van der Waals surface area contributed by atoms with E-state index in [2.05, 4.69) is 9.98 Å². The first-order valence-corrected chi connectivity index (χ1v) is 6.22. The lowest BCUT2D eigenvalue weighted by atomic mass is 10.1. The highest BCUT2D eigenvalue weighted by atomic mass is 35.5. The molecule has 0 amide bonds. The molecule has 1 aromatic rings. The Morgan fingerprint density at radius 1 is 1.56 bits per heavy atom. The highest BCUT2D eigenvalue weighted by molar-refractivity contribution is 6.41. The topological polar surface area (TPSA) is 68.4 Å². The zero-order valence-electron chi connectivity index (χ0n) is 9.90. The fourth-order valence-corrected chi connectivity index (χ4v) is 1.67. The number of hydrogen-bond donors (Lipinski definition) is 0. The predicted molar refractivity (Wildman–Crippen MR) is 72.4 cm³/mol. The van der Waals surface area contributed by atoms with Crippen LogP contribution in [0.5, 0.6) is 0 Å². The molecular weight excluding hydrogens is 277 g/mol. The van der Waals surface area contributed by atoms with Crippen LogP contribution in [0, 0.1) is 10.1 Å². The lowest BCUT2D eigenvalue weighted by Crippen LogP contribution is -2.17. The van der Waals surface area contributed by atoms with Crippen LogP contribution in [0.4, 0.5) is 0 Å². The van der Waals surface area contributed by atoms with E-state index in [9.17, 15) is 10.1 Å². The second-order valence-corrected chi connectivity index (χ2v) is 4.50. The minimum absolute atomic E-state index is 0.224. The molecule has 0 spiro atoms. The van der Waals surface area contributed by atoms with Gasteiger partial charge in [-0.25, -0.2) is 4.98 Å². The van der Waals surface area contributed by atoms with Crippen molar-refractivity contribution in [3.8, 4) is 0 Å². The molecule has 0 aliphatic carbocycles. The van der Waals surface area contributed by atoms with Crippen LogP contribution in [-0.4, -0.2) is 28.7 Å². The van der Waals surface area contributed by atoms with Crippen LogP contribution in [-0.2, 0) is 6.42 Å². The van der Waals surface area contributed by atoms with Crippen LogP contribution in [0.15, 0.2) is 17.3 Å². The van der Waals surface area contributed by atoms with E-state index in [1.165, 1.54) is 0 Å². The van der Waals surface area contributed by atoms with E-state index < -0.39 is 0 Å². The molecule has 0 N–H and O–H groups in total. The average Bonchev–Trinajstić information content (AvgIpc) is 2.30. The smallest absolute Gasteiger partial charge is 0.241 e. The van der Waals surface area contributed by atoms with E-state index >= 15 is 0 Å². The van der Waals surface area contributed by atoms with Crippen molar-refractivity contribution >= 4 is 28.9 Å². The largest absolute Gasteiger partial charge is 0.287 e. The summed E-state index contributed by atoms with van der Waals surface area (Å²) in [4.78, 5) is 18.3. The molecule has 0 aliphatic heterocycles. The fourth-order valence-electron chi connectivity index (χ4n) is 1.37. The minimum Gasteiger partial charge on any atom is -0.287 e. The number of rotatable bonds is 6. The zero-order valence-corrected chi connectivity index (χ0v) is 11.4. The van der Waals surface area contributed by atoms with Gasteiger partial charge in [-0.15, -0.1) is 0 Å². The first kappa shape index (κ1) is 14.9. The van der Waals surface area contributed by atoms with Gasteiger partial charge in [-0.2, -0.15) is 0 Å². The highest BCUT2D eigenvalue weighted by Crippen LogP contribution is 2.20. The lowest BCUT2D eigenvalue weighted by Gasteiger charge is -2.04. The van der Waals surface area contributed by atoms with Crippen LogP contribution in [0.25, 0.3) is 0 Å². The summed E-state index contributed by atoms with van der Waals surface area (Å²) in [5.41, 5.74) is 1.28. The monoisotopic (exact) mass is 289 g/mol. The van der Waals surface area contributed by atoms with Gasteiger partial charge in [0.15, 0.2) is 0 Å². The van der Waals surface area contributed by atoms with Crippen LogP contribution < -0.4 is 0 Å². The molecule has 0 unspecified atom stereocenters. The molecule has 0 saturated heterocycles. The van der Waals surface area contributed by atoms with Gasteiger partial charge in [0, 0.05) is 24.1 Å². The number of pyridine rings is 1. The van der Waals surface area contributed by atoms with Gasteiger partial charge in [0.1, 0.15) is 5.15 Å². The zero-order chi connectivity index (χ0) is 13.5. The van der Waals surface area contributed by atoms with Crippen molar-refractivity contribution in [1.29, 1.82) is 0 Å². The van der Waals surface area contributed by atoms with E-state index in [4.69, 9.17) is 23.2 Å². The van der Waals surface area contributed by atoms with Gasteiger partial charge in [-0.1, -0.05) is 30.1 Å². The molecule has 0 saturated carbocycles. The molecule has 0 radical (unpaired) electrons. The molecule has 18 heavy (non-hydrogen) atoms. The average molecular weight is 290 g/mol. The second kappa shape index (κ2) is 7.28. The minimum atomic E-state index is -0.389. The van der Waals surface area contributed by atoms with Crippen molar-refractivity contribution in [3.05, 3.63) is 38.1 Å². The third-order valence-corrected chi connectivity index (χ3v) is 2.82. The Morgan fingerprint density at radius 2 is 2.28 bits per heavy atom. The third-order valence-electron chi connectivity index (χ3n) is 2.13. The maximum Gasteiger partial charge on any atom is 0.241 e. The van der Waals surface area contributed by atoms with Crippen LogP contribution in [0.3, 0.4) is 0 Å². The Hall–Kier alpha value is -1.20. The van der Waals surface area contributed by atoms with Crippen LogP contribution in [0.1, 0.15) is 18.9 Å². The maximum atomic E-state index is 10.5. The Bertz CT molecular complexity index is 464. The summed E-state index contributed by atoms with van der Waals surface area (Å²) >= 11 is 11.5. The Balaban J connectivity index is 2.81. The van der Waals surface area contributed by atoms with E-state index in [0.29, 0.717) is 23.7 Å². The summed E-state index contributed by atoms with van der Waals surface area (Å²) in [6, 6.07) is 1.65. The predicted octanol–water partition coefficient (Wildman–Crippen LogP) is 3.06. The first-order valence-electron chi connectivity index (χ1n) is 5.46. The molecule has 0 aromatic carbocycles. The third kappa shape index (κ3) is 4.98. The molecule has 1 aromatic heterocycles. The van der Waals surface area contributed by atoms with Gasteiger partial charge in [0.2, 0.25) is 6.54 Å². The summed E-state index contributed by atoms with van der Waals surface area (Å²) in [6.07, 6.45) is 2.77. The molecule has 1 rings (SSSR count). The molecule has 1 heterocycles. The maximum absolute atomic E-state index is 10.5. The molecule has 98 valence electrons. The van der Waals surface area contributed by atoms with Crippen molar-refractivity contribution < 1.29 is 4.92 Å². The lowest BCUT2D eigenvalue weighted by molar-refractivity contribution is -0.463. The molecule has 0 aliphatic rings.